The number of rotatable bonds is 5. The molecule has 0 spiro atoms. The second-order valence-electron chi connectivity index (χ2n) is 9.55. The van der Waals surface area contributed by atoms with Gasteiger partial charge in [0.2, 0.25) is 23.8 Å². The summed E-state index contributed by atoms with van der Waals surface area (Å²) in [5, 5.41) is 3.00. The molecule has 1 aliphatic carbocycles. The maximum absolute atomic E-state index is 13.3. The minimum atomic E-state index is -1.26. The van der Waals surface area contributed by atoms with E-state index in [1.165, 1.54) is 6.07 Å². The van der Waals surface area contributed by atoms with Gasteiger partial charge in [0.1, 0.15) is 11.3 Å². The van der Waals surface area contributed by atoms with E-state index in [0.717, 1.165) is 0 Å². The van der Waals surface area contributed by atoms with Gasteiger partial charge in [0.25, 0.3) is 5.91 Å². The van der Waals surface area contributed by atoms with Crippen LogP contribution in [0.1, 0.15) is 54.1 Å². The number of nitrogens with zero attached hydrogens (tertiary/aromatic N) is 1. The van der Waals surface area contributed by atoms with Crippen molar-refractivity contribution in [1.29, 1.82) is 0 Å². The number of hydrogen-bond donors (Lipinski definition) is 3. The number of ether oxygens (including phenoxy) is 2. The van der Waals surface area contributed by atoms with Crippen LogP contribution in [0.4, 0.5) is 0 Å². The Hall–Kier alpha value is -3.14. The number of nitrogens with one attached hydrogen (secondary N) is 1. The Labute approximate surface area is 198 Å². The molecule has 4 amide bonds. The van der Waals surface area contributed by atoms with Crippen LogP contribution in [0.3, 0.4) is 0 Å². The van der Waals surface area contributed by atoms with Crippen LogP contribution in [0.2, 0.25) is 0 Å². The average molecular weight is 473 g/mol. The van der Waals surface area contributed by atoms with Gasteiger partial charge in [0, 0.05) is 36.1 Å². The summed E-state index contributed by atoms with van der Waals surface area (Å²) < 4.78 is 11.1. The zero-order valence-corrected chi connectivity index (χ0v) is 19.6. The summed E-state index contributed by atoms with van der Waals surface area (Å²) in [5.41, 5.74) is 11.2. The summed E-state index contributed by atoms with van der Waals surface area (Å²) in [7, 11) is 0. The molecular weight excluding hydrogens is 440 g/mol. The summed E-state index contributed by atoms with van der Waals surface area (Å²) in [6.45, 7) is 5.72. The van der Waals surface area contributed by atoms with Gasteiger partial charge in [0.05, 0.1) is 13.2 Å². The number of carbonyl (C=O) groups is 4. The van der Waals surface area contributed by atoms with E-state index in [1.807, 2.05) is 4.90 Å². The van der Waals surface area contributed by atoms with Crippen molar-refractivity contribution in [3.8, 4) is 5.75 Å². The van der Waals surface area contributed by atoms with Crippen LogP contribution in [0.15, 0.2) is 12.1 Å². The molecule has 2 unspecified atom stereocenters. The minimum absolute atomic E-state index is 0.0907. The second-order valence-corrected chi connectivity index (χ2v) is 9.55. The number of fused-ring (bicyclic) bond motifs is 1. The SMILES string of the molecule is Cc1c(C(N)=O)ccc2c1C(C)(NC(=O)C1CCC(C(=O)N3CCOCC3)CC1)C(C(N)=O)O2. The van der Waals surface area contributed by atoms with Crippen molar-refractivity contribution < 1.29 is 28.7 Å². The first kappa shape index (κ1) is 24.0. The molecule has 1 saturated carbocycles. The van der Waals surface area contributed by atoms with Crippen molar-refractivity contribution in [2.75, 3.05) is 26.3 Å². The number of carbonyl (C=O) groups excluding carboxylic acids is 4. The molecule has 3 aliphatic rings. The van der Waals surface area contributed by atoms with E-state index in [9.17, 15) is 19.2 Å². The first-order valence-electron chi connectivity index (χ1n) is 11.7. The molecule has 0 bridgehead atoms. The Kier molecular flexibility index (Phi) is 6.53. The maximum atomic E-state index is 13.3. The fourth-order valence-electron chi connectivity index (χ4n) is 5.55. The smallest absolute Gasteiger partial charge is 0.261 e. The first-order valence-corrected chi connectivity index (χ1v) is 11.7. The number of benzene rings is 1. The Morgan fingerprint density at radius 1 is 1.03 bits per heavy atom. The van der Waals surface area contributed by atoms with Gasteiger partial charge in [-0.2, -0.15) is 0 Å². The van der Waals surface area contributed by atoms with Crippen LogP contribution in [-0.4, -0.2) is 60.9 Å². The van der Waals surface area contributed by atoms with Crippen LogP contribution >= 0.6 is 0 Å². The third-order valence-corrected chi connectivity index (χ3v) is 7.39. The van der Waals surface area contributed by atoms with Gasteiger partial charge in [-0.1, -0.05) is 0 Å². The molecule has 2 atom stereocenters. The van der Waals surface area contributed by atoms with Crippen molar-refractivity contribution >= 4 is 23.6 Å². The normalized spacial score (nSPS) is 28.5. The van der Waals surface area contributed by atoms with Gasteiger partial charge in [-0.15, -0.1) is 0 Å². The van der Waals surface area contributed by atoms with Crippen molar-refractivity contribution in [2.24, 2.45) is 23.3 Å². The Bertz CT molecular complexity index is 1010. The van der Waals surface area contributed by atoms with Crippen molar-refractivity contribution in [3.05, 3.63) is 28.8 Å². The Morgan fingerprint density at radius 2 is 1.65 bits per heavy atom. The van der Waals surface area contributed by atoms with Crippen LogP contribution in [0, 0.1) is 18.8 Å². The number of nitrogens with two attached hydrogens (primary N) is 2. The quantitative estimate of drug-likeness (QED) is 0.561. The molecule has 2 aliphatic heterocycles. The lowest BCUT2D eigenvalue weighted by Crippen LogP contribution is -2.57. The van der Waals surface area contributed by atoms with Crippen LogP contribution in [0.25, 0.3) is 0 Å². The molecule has 1 aromatic carbocycles. The molecule has 5 N–H and O–H groups in total. The fourth-order valence-corrected chi connectivity index (χ4v) is 5.55. The van der Waals surface area contributed by atoms with E-state index in [0.29, 0.717) is 68.9 Å². The topological polar surface area (TPSA) is 154 Å². The predicted molar refractivity (Wildman–Crippen MR) is 122 cm³/mol. The maximum Gasteiger partial charge on any atom is 0.261 e. The molecule has 10 heteroatoms. The van der Waals surface area contributed by atoms with Crippen LogP contribution < -0.4 is 21.5 Å². The molecule has 4 rings (SSSR count). The van der Waals surface area contributed by atoms with E-state index in [4.69, 9.17) is 20.9 Å². The molecule has 2 heterocycles. The zero-order valence-electron chi connectivity index (χ0n) is 19.6. The van der Waals surface area contributed by atoms with Gasteiger partial charge in [-0.25, -0.2) is 0 Å². The van der Waals surface area contributed by atoms with Gasteiger partial charge in [-0.3, -0.25) is 19.2 Å². The molecular formula is C24H32N4O6. The highest BCUT2D eigenvalue weighted by molar-refractivity contribution is 5.96. The van der Waals surface area contributed by atoms with E-state index in [2.05, 4.69) is 5.32 Å². The summed E-state index contributed by atoms with van der Waals surface area (Å²) in [6.07, 6.45) is 1.26. The van der Waals surface area contributed by atoms with Crippen molar-refractivity contribution in [3.63, 3.8) is 0 Å². The largest absolute Gasteiger partial charge is 0.477 e. The Balaban J connectivity index is 1.49. The average Bonchev–Trinajstić information content (AvgIpc) is 3.12. The third-order valence-electron chi connectivity index (χ3n) is 7.39. The van der Waals surface area contributed by atoms with Crippen LogP contribution in [0.5, 0.6) is 5.75 Å². The predicted octanol–water partition coefficient (Wildman–Crippen LogP) is 0.337. The van der Waals surface area contributed by atoms with Gasteiger partial charge in [-0.05, 0) is 57.2 Å². The van der Waals surface area contributed by atoms with Crippen molar-refractivity contribution in [2.45, 2.75) is 51.2 Å². The molecule has 0 radical (unpaired) electrons. The van der Waals surface area contributed by atoms with Gasteiger partial charge >= 0.3 is 0 Å². The molecule has 1 aromatic rings. The lowest BCUT2D eigenvalue weighted by Gasteiger charge is -2.36. The second kappa shape index (κ2) is 9.25. The Morgan fingerprint density at radius 3 is 2.24 bits per heavy atom. The summed E-state index contributed by atoms with van der Waals surface area (Å²) in [5.74, 6) is -1.44. The number of morpholine rings is 1. The van der Waals surface area contributed by atoms with E-state index < -0.39 is 23.5 Å². The highest BCUT2D eigenvalue weighted by Crippen LogP contribution is 2.44. The van der Waals surface area contributed by atoms with Crippen molar-refractivity contribution in [1.82, 2.24) is 10.2 Å². The van der Waals surface area contributed by atoms with Gasteiger partial charge in [0.15, 0.2) is 0 Å². The highest BCUT2D eigenvalue weighted by atomic mass is 16.5. The van der Waals surface area contributed by atoms with E-state index >= 15 is 0 Å². The molecule has 184 valence electrons. The summed E-state index contributed by atoms with van der Waals surface area (Å²) in [6, 6.07) is 3.10. The fraction of sp³-hybridized carbons (Fsp3) is 0.583. The third kappa shape index (κ3) is 4.22. The highest BCUT2D eigenvalue weighted by Gasteiger charge is 2.51. The summed E-state index contributed by atoms with van der Waals surface area (Å²) in [4.78, 5) is 52.1. The molecule has 34 heavy (non-hydrogen) atoms. The molecule has 2 fully saturated rings. The zero-order chi connectivity index (χ0) is 24.6. The lowest BCUT2D eigenvalue weighted by atomic mass is 9.79. The monoisotopic (exact) mass is 472 g/mol. The number of primary amides is 2. The molecule has 10 nitrogen and oxygen atoms in total. The lowest BCUT2D eigenvalue weighted by molar-refractivity contribution is -0.142. The minimum Gasteiger partial charge on any atom is -0.477 e. The van der Waals surface area contributed by atoms with E-state index in [-0.39, 0.29) is 29.2 Å². The van der Waals surface area contributed by atoms with Gasteiger partial charge < -0.3 is 31.2 Å². The standard InChI is InChI=1S/C24H32N4O6/c1-13-16(20(25)29)7-8-17-18(13)24(2,19(34-17)21(26)30)27-22(31)14-3-5-15(6-4-14)23(32)28-9-11-33-12-10-28/h7-8,14-15,19H,3-6,9-12H2,1-2H3,(H2,25,29)(H2,26,30)(H,27,31). The van der Waals surface area contributed by atoms with E-state index in [1.54, 1.807) is 19.9 Å². The first-order chi connectivity index (χ1) is 16.1. The molecule has 0 aromatic heterocycles. The number of hydrogen-bond acceptors (Lipinski definition) is 6. The number of amides is 4. The van der Waals surface area contributed by atoms with Crippen LogP contribution in [-0.2, 0) is 24.7 Å². The summed E-state index contributed by atoms with van der Waals surface area (Å²) >= 11 is 0. The molecule has 1 saturated heterocycles.